The number of nitrogens with one attached hydrogen (secondary N) is 1. The van der Waals surface area contributed by atoms with Crippen molar-refractivity contribution in [3.8, 4) is 0 Å². The molecule has 0 saturated heterocycles. The van der Waals surface area contributed by atoms with E-state index in [4.69, 9.17) is 0 Å². The number of fused-ring (bicyclic) bond motifs is 1. The van der Waals surface area contributed by atoms with Gasteiger partial charge in [-0.05, 0) is 11.1 Å². The Kier molecular flexibility index (Phi) is 3.13. The van der Waals surface area contributed by atoms with Crippen molar-refractivity contribution in [2.24, 2.45) is 7.05 Å². The van der Waals surface area contributed by atoms with Gasteiger partial charge in [0.05, 0.1) is 18.0 Å². The molecule has 0 aliphatic carbocycles. The second kappa shape index (κ2) is 4.93. The Hall–Kier alpha value is -2.01. The maximum absolute atomic E-state index is 12.4. The minimum atomic E-state index is -0.0769. The number of ketones is 1. The van der Waals surface area contributed by atoms with Crippen LogP contribution in [0.4, 0.5) is 0 Å². The second-order valence-electron chi connectivity index (χ2n) is 4.91. The summed E-state index contributed by atoms with van der Waals surface area (Å²) in [5.74, 6) is 0.118. The first-order chi connectivity index (χ1) is 9.24. The maximum Gasteiger partial charge on any atom is 0.147 e. The van der Waals surface area contributed by atoms with E-state index in [1.165, 1.54) is 5.56 Å². The summed E-state index contributed by atoms with van der Waals surface area (Å²) in [6.45, 7) is 1.54. The summed E-state index contributed by atoms with van der Waals surface area (Å²) in [5.41, 5.74) is 3.09. The Labute approximate surface area is 111 Å². The summed E-state index contributed by atoms with van der Waals surface area (Å²) in [6.07, 6.45) is 2.13. The average molecular weight is 256 g/mol. The summed E-state index contributed by atoms with van der Waals surface area (Å²) < 4.78 is 1.62. The van der Waals surface area contributed by atoms with Gasteiger partial charge in [-0.15, -0.1) is 5.10 Å². The zero-order valence-corrected chi connectivity index (χ0v) is 10.8. The lowest BCUT2D eigenvalue weighted by molar-refractivity contribution is -0.120. The second-order valence-corrected chi connectivity index (χ2v) is 4.91. The van der Waals surface area contributed by atoms with Gasteiger partial charge in [0.1, 0.15) is 5.78 Å². The first kappa shape index (κ1) is 12.0. The molecule has 5 heteroatoms. The zero-order chi connectivity index (χ0) is 13.2. The van der Waals surface area contributed by atoms with Crippen LogP contribution in [0.5, 0.6) is 0 Å². The van der Waals surface area contributed by atoms with Gasteiger partial charge >= 0.3 is 0 Å². The fourth-order valence-electron chi connectivity index (χ4n) is 2.56. The van der Waals surface area contributed by atoms with Gasteiger partial charge in [-0.25, -0.2) is 0 Å². The fourth-order valence-corrected chi connectivity index (χ4v) is 2.56. The van der Waals surface area contributed by atoms with Crippen LogP contribution in [-0.2, 0) is 24.8 Å². The van der Waals surface area contributed by atoms with Crippen molar-refractivity contribution in [1.82, 2.24) is 20.3 Å². The molecule has 2 aromatic rings. The molecular weight excluding hydrogens is 240 g/mol. The van der Waals surface area contributed by atoms with Gasteiger partial charge in [0, 0.05) is 26.3 Å². The normalized spacial score (nSPS) is 18.1. The van der Waals surface area contributed by atoms with Gasteiger partial charge in [0.2, 0.25) is 0 Å². The van der Waals surface area contributed by atoms with Gasteiger partial charge in [0.25, 0.3) is 0 Å². The molecule has 0 saturated carbocycles. The van der Waals surface area contributed by atoms with Crippen LogP contribution >= 0.6 is 0 Å². The predicted molar refractivity (Wildman–Crippen MR) is 70.6 cm³/mol. The average Bonchev–Trinajstić information content (AvgIpc) is 2.83. The van der Waals surface area contributed by atoms with Crippen LogP contribution in [0.2, 0.25) is 0 Å². The highest BCUT2D eigenvalue weighted by Crippen LogP contribution is 2.25. The number of hydrogen-bond donors (Lipinski definition) is 1. The molecule has 2 heterocycles. The molecule has 0 bridgehead atoms. The highest BCUT2D eigenvalue weighted by atomic mass is 16.1. The van der Waals surface area contributed by atoms with Gasteiger partial charge in [-0.3, -0.25) is 9.48 Å². The number of carbonyl (C=O) groups excluding carboxylic acids is 1. The van der Waals surface area contributed by atoms with Crippen LogP contribution in [0, 0.1) is 0 Å². The third-order valence-electron chi connectivity index (χ3n) is 3.49. The van der Waals surface area contributed by atoms with Crippen molar-refractivity contribution in [1.29, 1.82) is 0 Å². The number of rotatable bonds is 3. The molecule has 0 radical (unpaired) electrons. The molecule has 0 fully saturated rings. The van der Waals surface area contributed by atoms with Gasteiger partial charge in [0.15, 0.2) is 0 Å². The molecule has 19 heavy (non-hydrogen) atoms. The van der Waals surface area contributed by atoms with E-state index < -0.39 is 0 Å². The smallest absolute Gasteiger partial charge is 0.147 e. The van der Waals surface area contributed by atoms with Crippen LogP contribution in [0.25, 0.3) is 0 Å². The molecule has 1 aromatic carbocycles. The van der Waals surface area contributed by atoms with E-state index in [2.05, 4.69) is 27.8 Å². The molecular formula is C14H16N4O. The van der Waals surface area contributed by atoms with E-state index in [9.17, 15) is 4.79 Å². The van der Waals surface area contributed by atoms with Crippen LogP contribution in [0.1, 0.15) is 22.7 Å². The SMILES string of the molecule is Cn1cc(CC(=O)C2CNCc3ccccc32)nn1. The van der Waals surface area contributed by atoms with E-state index >= 15 is 0 Å². The zero-order valence-electron chi connectivity index (χ0n) is 10.8. The number of hydrogen-bond acceptors (Lipinski definition) is 4. The third-order valence-corrected chi connectivity index (χ3v) is 3.49. The molecule has 1 aromatic heterocycles. The maximum atomic E-state index is 12.4. The Balaban J connectivity index is 1.81. The summed E-state index contributed by atoms with van der Waals surface area (Å²) in [5, 5.41) is 11.1. The van der Waals surface area contributed by atoms with Gasteiger partial charge in [-0.2, -0.15) is 0 Å². The van der Waals surface area contributed by atoms with Crippen LogP contribution < -0.4 is 5.32 Å². The molecule has 0 amide bonds. The first-order valence-corrected chi connectivity index (χ1v) is 6.40. The number of aryl methyl sites for hydroxylation is 1. The van der Waals surface area contributed by atoms with Gasteiger partial charge in [-0.1, -0.05) is 29.5 Å². The number of aromatic nitrogens is 3. The molecule has 3 rings (SSSR count). The van der Waals surface area contributed by atoms with Crippen LogP contribution in [-0.4, -0.2) is 27.3 Å². The van der Waals surface area contributed by atoms with E-state index in [0.29, 0.717) is 13.0 Å². The molecule has 1 aliphatic rings. The quantitative estimate of drug-likeness (QED) is 0.883. The lowest BCUT2D eigenvalue weighted by atomic mass is 9.86. The molecule has 0 spiro atoms. The molecule has 98 valence electrons. The van der Waals surface area contributed by atoms with Crippen molar-refractivity contribution in [2.45, 2.75) is 18.9 Å². The topological polar surface area (TPSA) is 59.8 Å². The van der Waals surface area contributed by atoms with Crippen molar-refractivity contribution >= 4 is 5.78 Å². The number of Topliss-reactive ketones (excluding diaryl/α,β-unsaturated/α-hetero) is 1. The molecule has 1 aliphatic heterocycles. The summed E-state index contributed by atoms with van der Waals surface area (Å²) in [4.78, 5) is 12.4. The predicted octanol–water partition coefficient (Wildman–Crippen LogP) is 0.814. The summed E-state index contributed by atoms with van der Waals surface area (Å²) in [7, 11) is 1.80. The van der Waals surface area contributed by atoms with Crippen molar-refractivity contribution < 1.29 is 4.79 Å². The Morgan fingerprint density at radius 3 is 3.11 bits per heavy atom. The molecule has 1 atom stereocenters. The van der Waals surface area contributed by atoms with E-state index in [0.717, 1.165) is 17.8 Å². The third kappa shape index (κ3) is 2.42. The van der Waals surface area contributed by atoms with Gasteiger partial charge < -0.3 is 5.32 Å². The van der Waals surface area contributed by atoms with Crippen molar-refractivity contribution in [3.63, 3.8) is 0 Å². The highest BCUT2D eigenvalue weighted by Gasteiger charge is 2.26. The highest BCUT2D eigenvalue weighted by molar-refractivity contribution is 5.88. The number of carbonyl (C=O) groups is 1. The standard InChI is InChI=1S/C14H16N4O/c1-18-9-11(16-17-18)6-14(19)13-8-15-7-10-4-2-3-5-12(10)13/h2-5,9,13,15H,6-8H2,1H3. The van der Waals surface area contributed by atoms with E-state index in [1.807, 2.05) is 12.1 Å². The fraction of sp³-hybridized carbons (Fsp3) is 0.357. The Morgan fingerprint density at radius 2 is 2.32 bits per heavy atom. The lowest BCUT2D eigenvalue weighted by Crippen LogP contribution is -2.33. The minimum absolute atomic E-state index is 0.0769. The summed E-state index contributed by atoms with van der Waals surface area (Å²) >= 11 is 0. The van der Waals surface area contributed by atoms with Crippen molar-refractivity contribution in [2.75, 3.05) is 6.54 Å². The molecule has 1 N–H and O–H groups in total. The monoisotopic (exact) mass is 256 g/mol. The number of benzene rings is 1. The summed E-state index contributed by atoms with van der Waals surface area (Å²) in [6, 6.07) is 8.13. The van der Waals surface area contributed by atoms with Crippen LogP contribution in [0.3, 0.4) is 0 Å². The Morgan fingerprint density at radius 1 is 1.47 bits per heavy atom. The minimum Gasteiger partial charge on any atom is -0.312 e. The lowest BCUT2D eigenvalue weighted by Gasteiger charge is -2.25. The number of nitrogens with zero attached hydrogens (tertiary/aromatic N) is 3. The van der Waals surface area contributed by atoms with Crippen LogP contribution in [0.15, 0.2) is 30.5 Å². The van der Waals surface area contributed by atoms with E-state index in [1.54, 1.807) is 17.9 Å². The molecule has 5 nitrogen and oxygen atoms in total. The largest absolute Gasteiger partial charge is 0.312 e. The first-order valence-electron chi connectivity index (χ1n) is 6.40. The van der Waals surface area contributed by atoms with Crippen molar-refractivity contribution in [3.05, 3.63) is 47.3 Å². The van der Waals surface area contributed by atoms with E-state index in [-0.39, 0.29) is 11.7 Å². The molecule has 1 unspecified atom stereocenters. The Bertz CT molecular complexity index is 605.